The second kappa shape index (κ2) is 17.6. The van der Waals surface area contributed by atoms with E-state index in [2.05, 4.69) is 238 Å². The van der Waals surface area contributed by atoms with Gasteiger partial charge in [0, 0.05) is 22.9 Å². The molecule has 336 valence electrons. The zero-order chi connectivity index (χ0) is 47.4. The number of hydrogen-bond acceptors (Lipinski definition) is 3. The molecule has 0 aliphatic heterocycles. The van der Waals surface area contributed by atoms with Crippen LogP contribution in [0.3, 0.4) is 0 Å². The van der Waals surface area contributed by atoms with Gasteiger partial charge >= 0.3 is 0 Å². The van der Waals surface area contributed by atoms with Crippen LogP contribution in [0.25, 0.3) is 83.9 Å². The molecule has 0 radical (unpaired) electrons. The van der Waals surface area contributed by atoms with Crippen molar-refractivity contribution in [2.75, 3.05) is 0 Å². The summed E-state index contributed by atoms with van der Waals surface area (Å²) in [7, 11) is 0. The molecule has 0 amide bonds. The maximum Gasteiger partial charge on any atom is 0.149 e. The molecule has 0 fully saturated rings. The van der Waals surface area contributed by atoms with Gasteiger partial charge in [-0.25, -0.2) is 4.98 Å². The number of para-hydroxylation sites is 1. The van der Waals surface area contributed by atoms with E-state index in [0.29, 0.717) is 5.82 Å². The molecule has 4 heteroatoms. The molecule has 0 bridgehead atoms. The Kier molecular flexibility index (Phi) is 11.9. The van der Waals surface area contributed by atoms with Crippen LogP contribution < -0.4 is 0 Å². The van der Waals surface area contributed by atoms with Crippen LogP contribution in [-0.4, -0.2) is 19.6 Å². The zero-order valence-electron chi connectivity index (χ0n) is 41.0. The number of phenols is 1. The summed E-state index contributed by atoms with van der Waals surface area (Å²) in [5, 5.41) is 12.5. The van der Waals surface area contributed by atoms with Crippen LogP contribution in [0.15, 0.2) is 164 Å². The van der Waals surface area contributed by atoms with Gasteiger partial charge in [0.15, 0.2) is 0 Å². The van der Waals surface area contributed by atoms with Crippen LogP contribution >= 0.6 is 0 Å². The number of aromatic nitrogens is 3. The lowest BCUT2D eigenvalue weighted by Gasteiger charge is -2.22. The van der Waals surface area contributed by atoms with Crippen molar-refractivity contribution in [1.29, 1.82) is 0 Å². The van der Waals surface area contributed by atoms with Gasteiger partial charge in [-0.1, -0.05) is 178 Å². The van der Waals surface area contributed by atoms with E-state index in [4.69, 9.17) is 9.97 Å². The van der Waals surface area contributed by atoms with Crippen molar-refractivity contribution in [3.63, 3.8) is 0 Å². The molecule has 0 aliphatic carbocycles. The molecule has 0 atom stereocenters. The number of nitrogens with zero attached hydrogens (tertiary/aromatic N) is 3. The molecule has 9 aromatic rings. The first-order valence-electron chi connectivity index (χ1n) is 23.8. The minimum atomic E-state index is -0.149. The molecule has 2 aromatic heterocycles. The topological polar surface area (TPSA) is 50.9 Å². The molecule has 0 saturated carbocycles. The van der Waals surface area contributed by atoms with Gasteiger partial charge in [-0.3, -0.25) is 9.55 Å². The number of rotatable bonds is 9. The minimum absolute atomic E-state index is 0.0105. The average molecular weight is 878 g/mol. The molecule has 7 aromatic carbocycles. The fourth-order valence-electron chi connectivity index (χ4n) is 9.33. The second-order valence-corrected chi connectivity index (χ2v) is 21.0. The molecule has 0 saturated heterocycles. The standard InChI is InChI=1S/C63H63N3O/c1-39(2)46-35-52(40(3)4)60(67)55(36-46)61-65-59-51(47-32-48(34-50(33-47)63(9,10)11)56-37-45(29-30-64-56)42-19-14-12-15-20-42)23-18-24-57(59)66(61)58-38-53(43-21-16-13-17-22-43)41(5)31-54(58)44-25-27-49(28-26-44)62(6,7)8/h12-40,67H,1-11H3. The lowest BCUT2D eigenvalue weighted by Crippen LogP contribution is -2.11. The number of hydrogen-bond donors (Lipinski definition) is 1. The number of aryl methyl sites for hydroxylation is 1. The molecule has 4 nitrogen and oxygen atoms in total. The van der Waals surface area contributed by atoms with Gasteiger partial charge in [-0.05, 0) is 139 Å². The maximum absolute atomic E-state index is 12.5. The number of imidazole rings is 1. The lowest BCUT2D eigenvalue weighted by molar-refractivity contribution is 0.466. The highest BCUT2D eigenvalue weighted by atomic mass is 16.3. The quantitative estimate of drug-likeness (QED) is 0.157. The highest BCUT2D eigenvalue weighted by Crippen LogP contribution is 2.46. The van der Waals surface area contributed by atoms with Crippen LogP contribution in [0.2, 0.25) is 0 Å². The normalized spacial score (nSPS) is 12.1. The fourth-order valence-corrected chi connectivity index (χ4v) is 9.33. The molecule has 1 N–H and O–H groups in total. The van der Waals surface area contributed by atoms with E-state index in [1.165, 1.54) is 16.7 Å². The number of phenolic OH excluding ortho intramolecular Hbond substituents is 1. The molecule has 0 aliphatic rings. The molecule has 9 rings (SSSR count). The van der Waals surface area contributed by atoms with Gasteiger partial charge in [-0.2, -0.15) is 0 Å². The number of fused-ring (bicyclic) bond motifs is 1. The van der Waals surface area contributed by atoms with Crippen molar-refractivity contribution in [3.8, 4) is 78.6 Å². The Morgan fingerprint density at radius 2 is 1.13 bits per heavy atom. The van der Waals surface area contributed by atoms with E-state index in [1.54, 1.807) is 0 Å². The van der Waals surface area contributed by atoms with Gasteiger partial charge in [0.2, 0.25) is 0 Å². The summed E-state index contributed by atoms with van der Waals surface area (Å²) in [6.07, 6.45) is 1.92. The highest BCUT2D eigenvalue weighted by molar-refractivity contribution is 5.98. The largest absolute Gasteiger partial charge is 0.507 e. The van der Waals surface area contributed by atoms with E-state index in [9.17, 15) is 5.11 Å². The van der Waals surface area contributed by atoms with Crippen molar-refractivity contribution in [2.24, 2.45) is 0 Å². The number of benzene rings is 7. The molecular weight excluding hydrogens is 815 g/mol. The monoisotopic (exact) mass is 877 g/mol. The van der Waals surface area contributed by atoms with Gasteiger partial charge < -0.3 is 5.11 Å². The summed E-state index contributed by atoms with van der Waals surface area (Å²) in [5.74, 6) is 1.30. The van der Waals surface area contributed by atoms with E-state index < -0.39 is 0 Å². The first kappa shape index (κ1) is 45.1. The summed E-state index contributed by atoms with van der Waals surface area (Å²) in [6.45, 7) is 24.5. The Labute approximate surface area is 398 Å². The molecule has 67 heavy (non-hydrogen) atoms. The fraction of sp³-hybridized carbons (Fsp3) is 0.238. The highest BCUT2D eigenvalue weighted by Gasteiger charge is 2.27. The van der Waals surface area contributed by atoms with Crippen molar-refractivity contribution < 1.29 is 5.11 Å². The van der Waals surface area contributed by atoms with E-state index in [1.807, 2.05) is 6.20 Å². The van der Waals surface area contributed by atoms with E-state index in [-0.39, 0.29) is 28.4 Å². The van der Waals surface area contributed by atoms with Gasteiger partial charge in [-0.15, -0.1) is 0 Å². The smallest absolute Gasteiger partial charge is 0.149 e. The third kappa shape index (κ3) is 8.86. The molecular formula is C63H63N3O. The predicted molar refractivity (Wildman–Crippen MR) is 283 cm³/mol. The lowest BCUT2D eigenvalue weighted by atomic mass is 9.83. The summed E-state index contributed by atoms with van der Waals surface area (Å²) in [4.78, 5) is 10.7. The number of pyridine rings is 1. The summed E-state index contributed by atoms with van der Waals surface area (Å²) >= 11 is 0. The van der Waals surface area contributed by atoms with Gasteiger partial charge in [0.25, 0.3) is 0 Å². The van der Waals surface area contributed by atoms with Crippen molar-refractivity contribution in [2.45, 2.75) is 98.8 Å². The first-order valence-corrected chi connectivity index (χ1v) is 23.8. The van der Waals surface area contributed by atoms with Crippen LogP contribution in [0.4, 0.5) is 0 Å². The van der Waals surface area contributed by atoms with Crippen LogP contribution in [0, 0.1) is 6.92 Å². The number of aromatic hydroxyl groups is 1. The SMILES string of the molecule is Cc1cc(-c2ccc(C(C)(C)C)cc2)c(-n2c(-c3cc(C(C)C)cc(C(C)C)c3O)nc3c(-c4cc(-c5cc(-c6ccccc6)ccn5)cc(C(C)(C)C)c4)cccc32)cc1-c1ccccc1. The van der Waals surface area contributed by atoms with Crippen molar-refractivity contribution in [1.82, 2.24) is 14.5 Å². The third-order valence-corrected chi connectivity index (χ3v) is 13.4. The Hall–Kier alpha value is -7.04. The maximum atomic E-state index is 12.5. The molecule has 0 unspecified atom stereocenters. The summed E-state index contributed by atoms with van der Waals surface area (Å²) in [6, 6.07) is 56.9. The summed E-state index contributed by atoms with van der Waals surface area (Å²) in [5.41, 5.74) is 20.0. The summed E-state index contributed by atoms with van der Waals surface area (Å²) < 4.78 is 2.32. The molecule has 0 spiro atoms. The Bertz CT molecular complexity index is 3250. The Balaban J connectivity index is 1.38. The Morgan fingerprint density at radius 3 is 1.78 bits per heavy atom. The van der Waals surface area contributed by atoms with Crippen LogP contribution in [0.5, 0.6) is 5.75 Å². The van der Waals surface area contributed by atoms with Crippen molar-refractivity contribution in [3.05, 3.63) is 192 Å². The third-order valence-electron chi connectivity index (χ3n) is 13.4. The van der Waals surface area contributed by atoms with Crippen LogP contribution in [-0.2, 0) is 10.8 Å². The molecule has 2 heterocycles. The minimum Gasteiger partial charge on any atom is -0.507 e. The second-order valence-electron chi connectivity index (χ2n) is 21.0. The van der Waals surface area contributed by atoms with Gasteiger partial charge in [0.1, 0.15) is 11.6 Å². The first-order chi connectivity index (χ1) is 32.0. The van der Waals surface area contributed by atoms with E-state index >= 15 is 0 Å². The Morgan fingerprint density at radius 1 is 0.493 bits per heavy atom. The van der Waals surface area contributed by atoms with E-state index in [0.717, 1.165) is 89.2 Å². The van der Waals surface area contributed by atoms with Gasteiger partial charge in [0.05, 0.1) is 28.0 Å². The predicted octanol–water partition coefficient (Wildman–Crippen LogP) is 17.3. The average Bonchev–Trinajstić information content (AvgIpc) is 3.71. The van der Waals surface area contributed by atoms with Crippen molar-refractivity contribution >= 4 is 11.0 Å². The van der Waals surface area contributed by atoms with Crippen LogP contribution in [0.1, 0.15) is 109 Å². The zero-order valence-corrected chi connectivity index (χ0v) is 41.0.